The molecule has 0 aliphatic rings. The minimum atomic E-state index is -1.23. The first-order chi connectivity index (χ1) is 33.2. The van der Waals surface area contributed by atoms with E-state index in [4.69, 9.17) is 5.73 Å². The number of hydrogen-bond acceptors (Lipinski definition) is 4. The lowest BCUT2D eigenvalue weighted by atomic mass is 10.0. The average molecular weight is 952 g/mol. The van der Waals surface area contributed by atoms with Crippen LogP contribution in [-0.4, -0.2) is 22.9 Å². The molecule has 2 amide bonds. The lowest BCUT2D eigenvalue weighted by Gasteiger charge is -2.13. The molecule has 0 bridgehead atoms. The summed E-state index contributed by atoms with van der Waals surface area (Å²) in [5, 5.41) is 14.9. The average Bonchev–Trinajstić information content (AvgIpc) is 3.30. The Morgan fingerprint density at radius 1 is 0.414 bits per heavy atom. The van der Waals surface area contributed by atoms with Crippen LogP contribution in [0, 0.1) is 76.4 Å². The molecule has 7 nitrogen and oxygen atoms in total. The number of anilines is 3. The zero-order valence-electron chi connectivity index (χ0n) is 38.9. The maximum absolute atomic E-state index is 14.1. The van der Waals surface area contributed by atoms with Crippen molar-refractivity contribution >= 4 is 34.8 Å². The van der Waals surface area contributed by atoms with Gasteiger partial charge in [-0.15, -0.1) is 0 Å². The Balaban J connectivity index is 0.000000178. The van der Waals surface area contributed by atoms with Gasteiger partial charge in [-0.2, -0.15) is 0 Å². The monoisotopic (exact) mass is 951 g/mol. The van der Waals surface area contributed by atoms with Gasteiger partial charge >= 0.3 is 5.97 Å². The second-order valence-electron chi connectivity index (χ2n) is 16.4. The molecule has 5 N–H and O–H groups in total. The van der Waals surface area contributed by atoms with Crippen molar-refractivity contribution in [3.63, 3.8) is 0 Å². The number of carboxylic acids is 1. The van der Waals surface area contributed by atoms with E-state index in [0.29, 0.717) is 44.8 Å². The number of benzene rings is 8. The highest BCUT2D eigenvalue weighted by molar-refractivity contribution is 6.09. The molecular formula is C57H47F6N3O4. The van der Waals surface area contributed by atoms with Gasteiger partial charge < -0.3 is 21.5 Å². The number of aromatic carboxylic acids is 1. The Kier molecular flexibility index (Phi) is 16.1. The number of aryl methyl sites for hydroxylation is 4. The number of hydrogen-bond donors (Lipinski definition) is 4. The van der Waals surface area contributed by atoms with Crippen LogP contribution in [0.1, 0.15) is 64.5 Å². The molecule has 8 rings (SSSR count). The van der Waals surface area contributed by atoms with Crippen molar-refractivity contribution in [3.8, 4) is 33.4 Å². The van der Waals surface area contributed by atoms with Crippen LogP contribution >= 0.6 is 0 Å². The van der Waals surface area contributed by atoms with Crippen molar-refractivity contribution in [1.82, 2.24) is 0 Å². The summed E-state index contributed by atoms with van der Waals surface area (Å²) in [6.45, 7) is 11.3. The van der Waals surface area contributed by atoms with E-state index in [0.717, 1.165) is 57.6 Å². The summed E-state index contributed by atoms with van der Waals surface area (Å²) in [6.07, 6.45) is 0. The molecule has 0 saturated carbocycles. The first-order valence-electron chi connectivity index (χ1n) is 21.7. The SMILES string of the molecule is Cc1ccc(-c2ccc(F)cc2F)cc1N.Cc1ccc(-c2ccc(F)cc2F)cc1NC(=O)c1cccc(C)c1C.Cc1cccc(C(=O)Nc2cc(-c3ccc(F)cc3F)ccc2C(=O)O)c1C. The molecule has 0 aliphatic carbocycles. The molecule has 0 radical (unpaired) electrons. The lowest BCUT2D eigenvalue weighted by Crippen LogP contribution is -2.16. The number of nitrogens with two attached hydrogens (primary N) is 1. The Morgan fingerprint density at radius 2 is 0.800 bits per heavy atom. The third kappa shape index (κ3) is 12.2. The fourth-order valence-corrected chi connectivity index (χ4v) is 7.28. The van der Waals surface area contributed by atoms with Gasteiger partial charge in [-0.1, -0.05) is 54.6 Å². The topological polar surface area (TPSA) is 122 Å². The summed E-state index contributed by atoms with van der Waals surface area (Å²) in [4.78, 5) is 36.9. The van der Waals surface area contributed by atoms with Gasteiger partial charge in [-0.05, 0) is 164 Å². The molecule has 70 heavy (non-hydrogen) atoms. The zero-order valence-corrected chi connectivity index (χ0v) is 38.9. The highest BCUT2D eigenvalue weighted by Gasteiger charge is 2.19. The van der Waals surface area contributed by atoms with E-state index in [-0.39, 0.29) is 28.3 Å². The van der Waals surface area contributed by atoms with Crippen LogP contribution < -0.4 is 16.4 Å². The smallest absolute Gasteiger partial charge is 0.337 e. The van der Waals surface area contributed by atoms with Crippen molar-refractivity contribution < 1.29 is 45.8 Å². The second-order valence-corrected chi connectivity index (χ2v) is 16.4. The summed E-state index contributed by atoms with van der Waals surface area (Å²) in [5.41, 5.74) is 15.6. The standard InChI is InChI=1S/C22H17F2NO3.C22H19F2NO.C13H11F2N/c1-12-4-3-5-16(13(12)2)21(26)25-20-10-14(6-8-18(20)22(27)28)17-9-7-15(23)11-19(17)24;1-13-5-4-6-18(15(13)3)22(26)25-21-11-16(8-7-14(21)2)19-10-9-17(23)12-20(19)24;1-8-2-3-9(6-13(8)16)11-5-4-10(14)7-12(11)15/h3-11H,1-2H3,(H,25,26)(H,27,28);4-12H,1-3H3,(H,25,26);2-7H,16H2,1H3. The van der Waals surface area contributed by atoms with Gasteiger partial charge in [0.05, 0.1) is 11.3 Å². The van der Waals surface area contributed by atoms with Crippen LogP contribution in [0.2, 0.25) is 0 Å². The molecule has 0 atom stereocenters. The predicted molar refractivity (Wildman–Crippen MR) is 264 cm³/mol. The first-order valence-corrected chi connectivity index (χ1v) is 21.7. The van der Waals surface area contributed by atoms with Crippen molar-refractivity contribution in [2.45, 2.75) is 41.5 Å². The van der Waals surface area contributed by atoms with E-state index in [2.05, 4.69) is 10.6 Å². The maximum atomic E-state index is 14.1. The third-order valence-electron chi connectivity index (χ3n) is 11.7. The van der Waals surface area contributed by atoms with E-state index in [1.165, 1.54) is 48.5 Å². The maximum Gasteiger partial charge on any atom is 0.337 e. The van der Waals surface area contributed by atoms with Crippen LogP contribution in [0.3, 0.4) is 0 Å². The van der Waals surface area contributed by atoms with Gasteiger partial charge in [0.2, 0.25) is 0 Å². The Hall–Kier alpha value is -8.45. The number of nitrogens with one attached hydrogen (secondary N) is 2. The van der Waals surface area contributed by atoms with E-state index in [1.807, 2.05) is 58.9 Å². The molecule has 0 aliphatic heterocycles. The fraction of sp³-hybridized carbons (Fsp3) is 0.105. The molecule has 0 spiro atoms. The normalized spacial score (nSPS) is 10.6. The summed E-state index contributed by atoms with van der Waals surface area (Å²) in [5.74, 6) is -5.84. The van der Waals surface area contributed by atoms with E-state index in [9.17, 15) is 45.8 Å². The highest BCUT2D eigenvalue weighted by Crippen LogP contribution is 2.31. The zero-order chi connectivity index (χ0) is 51.0. The number of rotatable bonds is 8. The van der Waals surface area contributed by atoms with Gasteiger partial charge in [-0.25, -0.2) is 31.1 Å². The Labute approximate surface area is 401 Å². The van der Waals surface area contributed by atoms with E-state index >= 15 is 0 Å². The minimum absolute atomic E-state index is 0.0274. The fourth-order valence-electron chi connectivity index (χ4n) is 7.28. The number of halogens is 6. The molecule has 0 aromatic heterocycles. The van der Waals surface area contributed by atoms with Gasteiger partial charge in [0, 0.05) is 57.4 Å². The number of nitrogen functional groups attached to an aromatic ring is 1. The van der Waals surface area contributed by atoms with E-state index < -0.39 is 46.8 Å². The van der Waals surface area contributed by atoms with Gasteiger partial charge in [-0.3, -0.25) is 9.59 Å². The molecule has 8 aromatic rings. The van der Waals surface area contributed by atoms with Crippen LogP contribution in [0.15, 0.2) is 146 Å². The molecule has 0 fully saturated rings. The first kappa shape index (κ1) is 51.0. The third-order valence-corrected chi connectivity index (χ3v) is 11.7. The van der Waals surface area contributed by atoms with Crippen molar-refractivity contribution in [3.05, 3.63) is 231 Å². The van der Waals surface area contributed by atoms with Crippen molar-refractivity contribution in [2.75, 3.05) is 16.4 Å². The minimum Gasteiger partial charge on any atom is -0.478 e. The van der Waals surface area contributed by atoms with E-state index in [1.54, 1.807) is 55.5 Å². The lowest BCUT2D eigenvalue weighted by molar-refractivity contribution is 0.0697. The number of carbonyl (C=O) groups excluding carboxylic acids is 2. The Morgan fingerprint density at radius 3 is 1.21 bits per heavy atom. The van der Waals surface area contributed by atoms with Gasteiger partial charge in [0.25, 0.3) is 11.8 Å². The summed E-state index contributed by atoms with van der Waals surface area (Å²) < 4.78 is 80.7. The molecule has 0 unspecified atom stereocenters. The van der Waals surface area contributed by atoms with Crippen LogP contribution in [0.25, 0.3) is 33.4 Å². The quantitative estimate of drug-likeness (QED) is 0.0893. The number of carbonyl (C=O) groups is 3. The molecular weight excluding hydrogens is 905 g/mol. The van der Waals surface area contributed by atoms with Crippen LogP contribution in [0.4, 0.5) is 43.4 Å². The van der Waals surface area contributed by atoms with Crippen LogP contribution in [-0.2, 0) is 0 Å². The molecule has 356 valence electrons. The molecule has 0 saturated heterocycles. The largest absolute Gasteiger partial charge is 0.478 e. The Bertz CT molecular complexity index is 3300. The number of carboxylic acid groups (broad SMARTS) is 1. The molecule has 0 heterocycles. The summed E-state index contributed by atoms with van der Waals surface area (Å²) in [6, 6.07) is 35.5. The van der Waals surface area contributed by atoms with Crippen LogP contribution in [0.5, 0.6) is 0 Å². The second kappa shape index (κ2) is 22.1. The van der Waals surface area contributed by atoms with Crippen molar-refractivity contribution in [2.24, 2.45) is 0 Å². The van der Waals surface area contributed by atoms with Crippen molar-refractivity contribution in [1.29, 1.82) is 0 Å². The predicted octanol–water partition coefficient (Wildman–Crippen LogP) is 14.5. The highest BCUT2D eigenvalue weighted by atomic mass is 19.2. The summed E-state index contributed by atoms with van der Waals surface area (Å²) in [7, 11) is 0. The van der Waals surface area contributed by atoms with Gasteiger partial charge in [0.1, 0.15) is 34.9 Å². The van der Waals surface area contributed by atoms with Gasteiger partial charge in [0.15, 0.2) is 0 Å². The molecule has 8 aromatic carbocycles. The summed E-state index contributed by atoms with van der Waals surface area (Å²) >= 11 is 0. The molecule has 13 heteroatoms. The number of amides is 2.